The summed E-state index contributed by atoms with van der Waals surface area (Å²) < 4.78 is 0. The second kappa shape index (κ2) is 4.52. The van der Waals surface area contributed by atoms with Crippen LogP contribution in [-0.4, -0.2) is 17.0 Å². The minimum absolute atomic E-state index is 0.818. The van der Waals surface area contributed by atoms with Gasteiger partial charge in [-0.1, -0.05) is 12.1 Å². The highest BCUT2D eigenvalue weighted by molar-refractivity contribution is 5.53. The molecule has 0 unspecified atom stereocenters. The van der Waals surface area contributed by atoms with Crippen LogP contribution in [0.15, 0.2) is 48.8 Å². The van der Waals surface area contributed by atoms with Gasteiger partial charge in [0.15, 0.2) is 0 Å². The van der Waals surface area contributed by atoms with E-state index in [9.17, 15) is 0 Å². The largest absolute Gasteiger partial charge is 0.242 e. The van der Waals surface area contributed by atoms with E-state index in [0.717, 1.165) is 11.6 Å². The van der Waals surface area contributed by atoms with Gasteiger partial charge >= 0.3 is 0 Å². The predicted octanol–water partition coefficient (Wildman–Crippen LogP) is 1.75. The Bertz CT molecular complexity index is 362. The Hall–Kier alpha value is -1.94. The fourth-order valence-corrected chi connectivity index (χ4v) is 1.32. The van der Waals surface area contributed by atoms with Gasteiger partial charge < -0.3 is 0 Å². The van der Waals surface area contributed by atoms with Crippen LogP contribution in [0.3, 0.4) is 0 Å². The molecule has 0 aliphatic rings. The van der Waals surface area contributed by atoms with E-state index in [2.05, 4.69) is 15.4 Å². The van der Waals surface area contributed by atoms with Crippen molar-refractivity contribution in [1.82, 2.24) is 15.4 Å². The maximum absolute atomic E-state index is 4.25. The van der Waals surface area contributed by atoms with Gasteiger partial charge in [-0.3, -0.25) is 0 Å². The molecule has 2 heterocycles. The number of aromatic nitrogens is 2. The molecule has 76 valence electrons. The Morgan fingerprint density at radius 1 is 0.933 bits per heavy atom. The van der Waals surface area contributed by atoms with E-state index in [1.165, 1.54) is 0 Å². The molecule has 0 saturated carbocycles. The fourth-order valence-electron chi connectivity index (χ4n) is 1.32. The number of hydrogen-bond acceptors (Lipinski definition) is 4. The van der Waals surface area contributed by atoms with Crippen molar-refractivity contribution in [3.63, 3.8) is 0 Å². The first-order chi connectivity index (χ1) is 7.42. The molecule has 2 rings (SSSR count). The first-order valence-corrected chi connectivity index (χ1v) is 4.71. The van der Waals surface area contributed by atoms with Gasteiger partial charge in [-0.25, -0.2) is 20.4 Å². The molecular formula is C11H12N4. The predicted molar refractivity (Wildman–Crippen MR) is 59.7 cm³/mol. The lowest BCUT2D eigenvalue weighted by molar-refractivity contribution is 0.803. The standard InChI is InChI=1S/C11H12N4/c1-12-15(10-6-2-4-8-13-10)11-7-3-5-9-14-11/h2-9,12H,1H3. The molecule has 0 aromatic carbocycles. The maximum atomic E-state index is 4.25. The highest BCUT2D eigenvalue weighted by Gasteiger charge is 2.07. The van der Waals surface area contributed by atoms with Crippen molar-refractivity contribution >= 4 is 11.6 Å². The van der Waals surface area contributed by atoms with E-state index in [-0.39, 0.29) is 0 Å². The van der Waals surface area contributed by atoms with Crippen LogP contribution in [0.2, 0.25) is 0 Å². The number of hydrogen-bond donors (Lipinski definition) is 1. The molecule has 0 spiro atoms. The smallest absolute Gasteiger partial charge is 0.148 e. The van der Waals surface area contributed by atoms with Crippen LogP contribution >= 0.6 is 0 Å². The van der Waals surface area contributed by atoms with Gasteiger partial charge in [-0.15, -0.1) is 0 Å². The zero-order valence-electron chi connectivity index (χ0n) is 8.46. The van der Waals surface area contributed by atoms with Gasteiger partial charge in [-0.2, -0.15) is 0 Å². The summed E-state index contributed by atoms with van der Waals surface area (Å²) in [5, 5.41) is 1.82. The highest BCUT2D eigenvalue weighted by atomic mass is 15.5. The van der Waals surface area contributed by atoms with E-state index in [1.54, 1.807) is 12.4 Å². The number of pyridine rings is 2. The lowest BCUT2D eigenvalue weighted by atomic mass is 10.4. The third kappa shape index (κ3) is 2.11. The van der Waals surface area contributed by atoms with Gasteiger partial charge in [0.05, 0.1) is 0 Å². The Labute approximate surface area is 88.6 Å². The third-order valence-corrected chi connectivity index (χ3v) is 1.98. The SMILES string of the molecule is CNN(c1ccccn1)c1ccccn1. The van der Waals surface area contributed by atoms with Crippen molar-refractivity contribution in [3.05, 3.63) is 48.8 Å². The average Bonchev–Trinajstić information content (AvgIpc) is 2.33. The van der Waals surface area contributed by atoms with Crippen molar-refractivity contribution < 1.29 is 0 Å². The molecule has 0 aliphatic heterocycles. The van der Waals surface area contributed by atoms with Gasteiger partial charge in [-0.05, 0) is 24.3 Å². The van der Waals surface area contributed by atoms with E-state index in [0.29, 0.717) is 0 Å². The van der Waals surface area contributed by atoms with Crippen LogP contribution < -0.4 is 10.4 Å². The minimum atomic E-state index is 0.818. The summed E-state index contributed by atoms with van der Waals surface area (Å²) in [7, 11) is 1.84. The molecular weight excluding hydrogens is 188 g/mol. The van der Waals surface area contributed by atoms with Gasteiger partial charge in [0.25, 0.3) is 0 Å². The molecule has 0 fully saturated rings. The van der Waals surface area contributed by atoms with Crippen LogP contribution in [0.4, 0.5) is 11.6 Å². The van der Waals surface area contributed by atoms with Crippen LogP contribution in [0.5, 0.6) is 0 Å². The second-order valence-corrected chi connectivity index (χ2v) is 2.93. The van der Waals surface area contributed by atoms with Crippen molar-refractivity contribution in [3.8, 4) is 0 Å². The topological polar surface area (TPSA) is 41.0 Å². The van der Waals surface area contributed by atoms with Crippen LogP contribution in [-0.2, 0) is 0 Å². The lowest BCUT2D eigenvalue weighted by Crippen LogP contribution is -2.31. The molecule has 0 saturated heterocycles. The summed E-state index contributed by atoms with van der Waals surface area (Å²) in [6, 6.07) is 11.5. The summed E-state index contributed by atoms with van der Waals surface area (Å²) >= 11 is 0. The van der Waals surface area contributed by atoms with Gasteiger partial charge in [0.1, 0.15) is 11.6 Å². The zero-order valence-corrected chi connectivity index (χ0v) is 8.46. The summed E-state index contributed by atoms with van der Waals surface area (Å²) in [6.07, 6.45) is 3.51. The third-order valence-electron chi connectivity index (χ3n) is 1.98. The molecule has 0 radical (unpaired) electrons. The monoisotopic (exact) mass is 200 g/mol. The summed E-state index contributed by atoms with van der Waals surface area (Å²) in [4.78, 5) is 8.50. The van der Waals surface area contributed by atoms with Crippen molar-refractivity contribution in [2.75, 3.05) is 12.1 Å². The number of rotatable bonds is 3. The van der Waals surface area contributed by atoms with Gasteiger partial charge in [0, 0.05) is 19.4 Å². The Morgan fingerprint density at radius 2 is 1.47 bits per heavy atom. The highest BCUT2D eigenvalue weighted by Crippen LogP contribution is 2.16. The Kier molecular flexibility index (Phi) is 2.90. The van der Waals surface area contributed by atoms with Crippen molar-refractivity contribution in [1.29, 1.82) is 0 Å². The Balaban J connectivity index is 2.34. The number of nitrogens with zero attached hydrogens (tertiary/aromatic N) is 3. The normalized spacial score (nSPS) is 9.93. The molecule has 0 aliphatic carbocycles. The van der Waals surface area contributed by atoms with Crippen LogP contribution in [0.25, 0.3) is 0 Å². The first-order valence-electron chi connectivity index (χ1n) is 4.71. The molecule has 0 atom stereocenters. The molecule has 2 aromatic rings. The summed E-state index contributed by atoms with van der Waals surface area (Å²) in [5.41, 5.74) is 3.04. The molecule has 2 aromatic heterocycles. The van der Waals surface area contributed by atoms with E-state index in [1.807, 2.05) is 48.5 Å². The summed E-state index contributed by atoms with van der Waals surface area (Å²) in [5.74, 6) is 1.64. The minimum Gasteiger partial charge on any atom is -0.242 e. The maximum Gasteiger partial charge on any atom is 0.148 e. The number of nitrogens with one attached hydrogen (secondary N) is 1. The van der Waals surface area contributed by atoms with E-state index >= 15 is 0 Å². The molecule has 0 bridgehead atoms. The van der Waals surface area contributed by atoms with E-state index in [4.69, 9.17) is 0 Å². The quantitative estimate of drug-likeness (QED) is 0.766. The lowest BCUT2D eigenvalue weighted by Gasteiger charge is -2.20. The van der Waals surface area contributed by atoms with E-state index < -0.39 is 0 Å². The fraction of sp³-hybridized carbons (Fsp3) is 0.0909. The molecule has 4 nitrogen and oxygen atoms in total. The van der Waals surface area contributed by atoms with Crippen molar-refractivity contribution in [2.45, 2.75) is 0 Å². The molecule has 1 N–H and O–H groups in total. The zero-order chi connectivity index (χ0) is 10.5. The van der Waals surface area contributed by atoms with Crippen molar-refractivity contribution in [2.24, 2.45) is 0 Å². The molecule has 4 heteroatoms. The second-order valence-electron chi connectivity index (χ2n) is 2.93. The first kappa shape index (κ1) is 9.61. The number of hydrazine groups is 1. The summed E-state index contributed by atoms with van der Waals surface area (Å²) in [6.45, 7) is 0. The molecule has 0 amide bonds. The Morgan fingerprint density at radius 3 is 1.80 bits per heavy atom. The molecule has 15 heavy (non-hydrogen) atoms. The average molecular weight is 200 g/mol. The van der Waals surface area contributed by atoms with Gasteiger partial charge in [0.2, 0.25) is 0 Å². The number of anilines is 2. The van der Waals surface area contributed by atoms with Crippen LogP contribution in [0, 0.1) is 0 Å². The van der Waals surface area contributed by atoms with Crippen LogP contribution in [0.1, 0.15) is 0 Å².